The number of carbonyl (C=O) groups is 3. The third-order valence-electron chi connectivity index (χ3n) is 5.62. The van der Waals surface area contributed by atoms with Crippen LogP contribution in [0.3, 0.4) is 0 Å². The molecule has 8 nitrogen and oxygen atoms in total. The van der Waals surface area contributed by atoms with Gasteiger partial charge in [0.15, 0.2) is 0 Å². The minimum absolute atomic E-state index is 0. The molecule has 2 aromatic carbocycles. The molecule has 0 unspecified atom stereocenters. The Kier molecular flexibility index (Phi) is 9.08. The van der Waals surface area contributed by atoms with Crippen LogP contribution in [0.1, 0.15) is 31.0 Å². The van der Waals surface area contributed by atoms with E-state index in [2.05, 4.69) is 16.0 Å². The van der Waals surface area contributed by atoms with Crippen LogP contribution in [0.4, 0.5) is 14.5 Å². The van der Waals surface area contributed by atoms with Gasteiger partial charge in [0, 0.05) is 6.54 Å². The van der Waals surface area contributed by atoms with Gasteiger partial charge in [-0.25, -0.2) is 8.78 Å². The number of hydrogen-bond donors (Lipinski definition) is 4. The molecule has 3 amide bonds. The summed E-state index contributed by atoms with van der Waals surface area (Å²) in [6.07, 6.45) is -1.26. The standard InChI is InChI=1S/C23H26F2N4O4.ClH/c1-12(26-3)21(31)27-18(13(2)30)23(33)29-11-14-7-4-5-8-15(14)20(29)22(32)28-19-16(24)9-6-10-17(19)25;/h4-10,12-13,18,20,26,30H,11H2,1-3H3,(H,27,31)(H,28,32);1H/t12-,13+,18-,20-;/m0./s1. The average molecular weight is 497 g/mol. The van der Waals surface area contributed by atoms with Crippen molar-refractivity contribution in [3.05, 3.63) is 65.2 Å². The summed E-state index contributed by atoms with van der Waals surface area (Å²) >= 11 is 0. The van der Waals surface area contributed by atoms with Crippen LogP contribution in [0.2, 0.25) is 0 Å². The maximum atomic E-state index is 14.1. The van der Waals surface area contributed by atoms with Crippen molar-refractivity contribution in [3.63, 3.8) is 0 Å². The molecule has 0 radical (unpaired) electrons. The lowest BCUT2D eigenvalue weighted by Gasteiger charge is -2.30. The number of hydrogen-bond acceptors (Lipinski definition) is 5. The van der Waals surface area contributed by atoms with E-state index in [1.54, 1.807) is 38.2 Å². The van der Waals surface area contributed by atoms with Gasteiger partial charge in [0.1, 0.15) is 29.4 Å². The molecule has 34 heavy (non-hydrogen) atoms. The Labute approximate surface area is 202 Å². The number of anilines is 1. The monoisotopic (exact) mass is 496 g/mol. The van der Waals surface area contributed by atoms with Crippen molar-refractivity contribution >= 4 is 35.8 Å². The van der Waals surface area contributed by atoms with Crippen molar-refractivity contribution in [1.29, 1.82) is 0 Å². The van der Waals surface area contributed by atoms with Crippen LogP contribution in [0.15, 0.2) is 42.5 Å². The maximum Gasteiger partial charge on any atom is 0.252 e. The van der Waals surface area contributed by atoms with Gasteiger partial charge in [0.25, 0.3) is 5.91 Å². The van der Waals surface area contributed by atoms with E-state index in [4.69, 9.17) is 0 Å². The smallest absolute Gasteiger partial charge is 0.252 e. The lowest BCUT2D eigenvalue weighted by atomic mass is 10.0. The van der Waals surface area contributed by atoms with E-state index in [0.29, 0.717) is 11.1 Å². The van der Waals surface area contributed by atoms with Crippen LogP contribution in [0, 0.1) is 11.6 Å². The summed E-state index contributed by atoms with van der Waals surface area (Å²) in [6.45, 7) is 2.96. The zero-order valence-electron chi connectivity index (χ0n) is 18.8. The molecule has 184 valence electrons. The summed E-state index contributed by atoms with van der Waals surface area (Å²) in [6, 6.07) is 6.80. The van der Waals surface area contributed by atoms with E-state index in [9.17, 15) is 28.3 Å². The number of nitrogens with zero attached hydrogens (tertiary/aromatic N) is 1. The van der Waals surface area contributed by atoms with E-state index in [1.165, 1.54) is 17.9 Å². The van der Waals surface area contributed by atoms with Crippen LogP contribution in [-0.2, 0) is 20.9 Å². The number of aliphatic hydroxyl groups is 1. The molecule has 1 aliphatic heterocycles. The first-order chi connectivity index (χ1) is 15.6. The molecule has 0 saturated carbocycles. The number of amides is 3. The molecule has 0 aliphatic carbocycles. The fraction of sp³-hybridized carbons (Fsp3) is 0.348. The first-order valence-electron chi connectivity index (χ1n) is 10.4. The lowest BCUT2D eigenvalue weighted by molar-refractivity contribution is -0.144. The van der Waals surface area contributed by atoms with Gasteiger partial charge in [-0.05, 0) is 44.2 Å². The number of benzene rings is 2. The van der Waals surface area contributed by atoms with Gasteiger partial charge in [-0.3, -0.25) is 14.4 Å². The Morgan fingerprint density at radius 2 is 1.68 bits per heavy atom. The fourth-order valence-corrected chi connectivity index (χ4v) is 3.66. The van der Waals surface area contributed by atoms with E-state index in [1.807, 2.05) is 0 Å². The van der Waals surface area contributed by atoms with Crippen molar-refractivity contribution in [2.24, 2.45) is 0 Å². The predicted octanol–water partition coefficient (Wildman–Crippen LogP) is 1.88. The summed E-state index contributed by atoms with van der Waals surface area (Å²) in [7, 11) is 1.57. The number of fused-ring (bicyclic) bond motifs is 1. The molecular weight excluding hydrogens is 470 g/mol. The highest BCUT2D eigenvalue weighted by Crippen LogP contribution is 2.35. The molecule has 4 N–H and O–H groups in total. The molecule has 1 aliphatic rings. The molecule has 0 aromatic heterocycles. The molecular formula is C23H27ClF2N4O4. The Morgan fingerprint density at radius 1 is 1.06 bits per heavy atom. The van der Waals surface area contributed by atoms with Gasteiger partial charge >= 0.3 is 0 Å². The third-order valence-corrected chi connectivity index (χ3v) is 5.62. The second-order valence-electron chi connectivity index (χ2n) is 7.89. The van der Waals surface area contributed by atoms with Crippen molar-refractivity contribution in [2.75, 3.05) is 12.4 Å². The minimum atomic E-state index is -1.33. The van der Waals surface area contributed by atoms with Crippen LogP contribution in [0.25, 0.3) is 0 Å². The summed E-state index contributed by atoms with van der Waals surface area (Å²) in [5.74, 6) is -3.95. The lowest BCUT2D eigenvalue weighted by Crippen LogP contribution is -2.56. The maximum absolute atomic E-state index is 14.1. The van der Waals surface area contributed by atoms with E-state index < -0.39 is 59.3 Å². The molecule has 4 atom stereocenters. The topological polar surface area (TPSA) is 111 Å². The minimum Gasteiger partial charge on any atom is -0.391 e. The number of carbonyl (C=O) groups excluding carboxylic acids is 3. The van der Waals surface area contributed by atoms with Gasteiger partial charge in [0.05, 0.1) is 12.1 Å². The van der Waals surface area contributed by atoms with Crippen molar-refractivity contribution in [2.45, 2.75) is 44.6 Å². The number of likely N-dealkylation sites (N-methyl/N-ethyl adjacent to an activating group) is 1. The number of nitrogens with one attached hydrogen (secondary N) is 3. The Morgan fingerprint density at radius 3 is 2.26 bits per heavy atom. The SMILES string of the molecule is CN[C@@H](C)C(=O)N[C@H](C(=O)N1Cc2ccccc2[C@H]1C(=O)Nc1c(F)cccc1F)[C@@H](C)O.Cl. The zero-order valence-corrected chi connectivity index (χ0v) is 19.7. The normalized spacial score (nSPS) is 17.1. The summed E-state index contributed by atoms with van der Waals surface area (Å²) in [5, 5.41) is 17.7. The van der Waals surface area contributed by atoms with Gasteiger partial charge in [-0.15, -0.1) is 12.4 Å². The Bertz CT molecular complexity index is 1050. The molecule has 1 heterocycles. The van der Waals surface area contributed by atoms with Crippen molar-refractivity contribution in [3.8, 4) is 0 Å². The Hall–Kier alpha value is -3.08. The van der Waals surface area contributed by atoms with Gasteiger partial charge in [0.2, 0.25) is 11.8 Å². The second-order valence-corrected chi connectivity index (χ2v) is 7.89. The van der Waals surface area contributed by atoms with E-state index in [-0.39, 0.29) is 19.0 Å². The predicted molar refractivity (Wildman–Crippen MR) is 124 cm³/mol. The zero-order chi connectivity index (χ0) is 24.3. The largest absolute Gasteiger partial charge is 0.391 e. The molecule has 3 rings (SSSR count). The van der Waals surface area contributed by atoms with Crippen LogP contribution >= 0.6 is 12.4 Å². The van der Waals surface area contributed by atoms with E-state index >= 15 is 0 Å². The highest BCUT2D eigenvalue weighted by molar-refractivity contribution is 6.00. The number of rotatable bonds is 7. The van der Waals surface area contributed by atoms with Gasteiger partial charge < -0.3 is 26.0 Å². The molecule has 11 heteroatoms. The quantitative estimate of drug-likeness (QED) is 0.468. The molecule has 0 fully saturated rings. The van der Waals surface area contributed by atoms with E-state index in [0.717, 1.165) is 12.1 Å². The van der Waals surface area contributed by atoms with Crippen LogP contribution in [0.5, 0.6) is 0 Å². The van der Waals surface area contributed by atoms with Crippen LogP contribution < -0.4 is 16.0 Å². The summed E-state index contributed by atoms with van der Waals surface area (Å²) < 4.78 is 28.2. The van der Waals surface area contributed by atoms with Gasteiger partial charge in [-0.2, -0.15) is 0 Å². The number of para-hydroxylation sites is 1. The third kappa shape index (κ3) is 5.52. The number of halogens is 3. The highest BCUT2D eigenvalue weighted by Gasteiger charge is 2.42. The Balaban J connectivity index is 0.00000408. The summed E-state index contributed by atoms with van der Waals surface area (Å²) in [4.78, 5) is 40.1. The van der Waals surface area contributed by atoms with Crippen molar-refractivity contribution < 1.29 is 28.3 Å². The number of aliphatic hydroxyl groups excluding tert-OH is 1. The summed E-state index contributed by atoms with van der Waals surface area (Å²) in [5.41, 5.74) is 0.529. The fourth-order valence-electron chi connectivity index (χ4n) is 3.66. The first-order valence-corrected chi connectivity index (χ1v) is 10.4. The van der Waals surface area contributed by atoms with Crippen LogP contribution in [-0.4, -0.2) is 53.0 Å². The molecule has 0 saturated heterocycles. The first kappa shape index (κ1) is 27.2. The molecule has 0 bridgehead atoms. The highest BCUT2D eigenvalue weighted by atomic mass is 35.5. The van der Waals surface area contributed by atoms with Gasteiger partial charge in [-0.1, -0.05) is 30.3 Å². The van der Waals surface area contributed by atoms with Crippen molar-refractivity contribution in [1.82, 2.24) is 15.5 Å². The molecule has 2 aromatic rings. The average Bonchev–Trinajstić information content (AvgIpc) is 3.18. The second kappa shape index (κ2) is 11.4. The molecule has 0 spiro atoms.